The Balaban J connectivity index is 1.55. The van der Waals surface area contributed by atoms with Gasteiger partial charge in [0.1, 0.15) is 5.78 Å². The lowest BCUT2D eigenvalue weighted by Crippen LogP contribution is -2.39. The molecule has 4 unspecified atom stereocenters. The molecule has 4 heteroatoms. The third-order valence-electron chi connectivity index (χ3n) is 5.60. The van der Waals surface area contributed by atoms with Gasteiger partial charge in [0, 0.05) is 11.8 Å². The van der Waals surface area contributed by atoms with E-state index >= 15 is 0 Å². The molecular weight excluding hydrogens is 280 g/mol. The lowest BCUT2D eigenvalue weighted by Gasteiger charge is -2.38. The van der Waals surface area contributed by atoms with Gasteiger partial charge in [0.2, 0.25) is 6.29 Å². The van der Waals surface area contributed by atoms with Crippen molar-refractivity contribution in [3.05, 3.63) is 12.2 Å². The van der Waals surface area contributed by atoms with Gasteiger partial charge in [-0.1, -0.05) is 38.3 Å². The highest BCUT2D eigenvalue weighted by molar-refractivity contribution is 5.96. The summed E-state index contributed by atoms with van der Waals surface area (Å²) in [4.78, 5) is 24.2. The third-order valence-corrected chi connectivity index (χ3v) is 5.60. The number of ketones is 1. The first-order valence-corrected chi connectivity index (χ1v) is 8.65. The molecule has 4 nitrogen and oxygen atoms in total. The Morgan fingerprint density at radius 2 is 2.05 bits per heavy atom. The molecule has 0 heterocycles. The first-order chi connectivity index (χ1) is 10.5. The number of esters is 1. The molecule has 0 aromatic rings. The minimum Gasteiger partial charge on any atom is -0.436 e. The molecule has 2 saturated carbocycles. The lowest BCUT2D eigenvalue weighted by atomic mass is 9.83. The van der Waals surface area contributed by atoms with Crippen LogP contribution in [0.3, 0.4) is 0 Å². The van der Waals surface area contributed by atoms with Crippen LogP contribution < -0.4 is 0 Å². The summed E-state index contributed by atoms with van der Waals surface area (Å²) in [6.45, 7) is 3.94. The second-order valence-electron chi connectivity index (χ2n) is 6.98. The van der Waals surface area contributed by atoms with Gasteiger partial charge >= 0.3 is 5.97 Å². The topological polar surface area (TPSA) is 52.6 Å². The molecule has 4 atom stereocenters. The predicted molar refractivity (Wildman–Crippen MR) is 82.0 cm³/mol. The average Bonchev–Trinajstić information content (AvgIpc) is 3.03. The van der Waals surface area contributed by atoms with E-state index in [4.69, 9.17) is 9.47 Å². The summed E-state index contributed by atoms with van der Waals surface area (Å²) in [5.41, 5.74) is -0.137. The maximum atomic E-state index is 12.3. The minimum absolute atomic E-state index is 0.0703. The van der Waals surface area contributed by atoms with Crippen LogP contribution >= 0.6 is 0 Å². The first kappa shape index (κ1) is 15.7. The van der Waals surface area contributed by atoms with Crippen molar-refractivity contribution in [3.8, 4) is 0 Å². The average molecular weight is 306 g/mol. The summed E-state index contributed by atoms with van der Waals surface area (Å²) in [6, 6.07) is 0. The largest absolute Gasteiger partial charge is 0.436 e. The smallest absolute Gasteiger partial charge is 0.312 e. The molecule has 0 saturated heterocycles. The normalized spacial score (nSPS) is 33.9. The highest BCUT2D eigenvalue weighted by Crippen LogP contribution is 2.41. The molecule has 0 spiro atoms. The highest BCUT2D eigenvalue weighted by Gasteiger charge is 2.48. The molecule has 0 radical (unpaired) electrons. The van der Waals surface area contributed by atoms with Gasteiger partial charge in [-0.25, -0.2) is 0 Å². The van der Waals surface area contributed by atoms with E-state index in [0.29, 0.717) is 6.42 Å². The van der Waals surface area contributed by atoms with Crippen LogP contribution in [0, 0.1) is 17.8 Å². The number of Topliss-reactive ketones (excluding diaryl/α,β-unsaturated/α-hetero) is 1. The molecule has 3 aliphatic rings. The van der Waals surface area contributed by atoms with Gasteiger partial charge in [0.15, 0.2) is 0 Å². The summed E-state index contributed by atoms with van der Waals surface area (Å²) in [5, 5.41) is 0. The third kappa shape index (κ3) is 2.85. The van der Waals surface area contributed by atoms with E-state index in [-0.39, 0.29) is 35.1 Å². The van der Waals surface area contributed by atoms with Gasteiger partial charge in [-0.05, 0) is 32.6 Å². The standard InChI is InChI=1S/C18H26O4/c1-3-18(9-5-4-6-10-18)22-12(2)21-17(20)15-11-13-7-8-14(15)16(13)19/h7-8,12-15H,3-6,9-11H2,1-2H3. The summed E-state index contributed by atoms with van der Waals surface area (Å²) < 4.78 is 11.6. The molecule has 0 aromatic heterocycles. The summed E-state index contributed by atoms with van der Waals surface area (Å²) in [6.07, 6.45) is 10.5. The van der Waals surface area contributed by atoms with Crippen LogP contribution in [0.1, 0.15) is 58.8 Å². The van der Waals surface area contributed by atoms with Crippen molar-refractivity contribution in [1.82, 2.24) is 0 Å². The first-order valence-electron chi connectivity index (χ1n) is 8.65. The van der Waals surface area contributed by atoms with E-state index in [1.54, 1.807) is 6.92 Å². The van der Waals surface area contributed by atoms with Crippen molar-refractivity contribution in [2.45, 2.75) is 70.7 Å². The van der Waals surface area contributed by atoms with Crippen LogP contribution in [-0.2, 0) is 19.1 Å². The fourth-order valence-corrected chi connectivity index (χ4v) is 4.26. The molecular formula is C18H26O4. The number of carbonyl (C=O) groups excluding carboxylic acids is 2. The molecule has 0 aromatic carbocycles. The van der Waals surface area contributed by atoms with Crippen molar-refractivity contribution in [3.63, 3.8) is 0 Å². The molecule has 3 aliphatic carbocycles. The van der Waals surface area contributed by atoms with Gasteiger partial charge in [-0.3, -0.25) is 9.59 Å². The number of hydrogen-bond donors (Lipinski definition) is 0. The van der Waals surface area contributed by atoms with Gasteiger partial charge < -0.3 is 9.47 Å². The molecule has 2 fully saturated rings. The van der Waals surface area contributed by atoms with Crippen LogP contribution in [0.25, 0.3) is 0 Å². The fourth-order valence-electron chi connectivity index (χ4n) is 4.26. The van der Waals surface area contributed by atoms with Gasteiger partial charge in [0.05, 0.1) is 11.5 Å². The number of hydrogen-bond acceptors (Lipinski definition) is 4. The second kappa shape index (κ2) is 6.15. The Bertz CT molecular complexity index is 475. The van der Waals surface area contributed by atoms with Crippen LogP contribution in [0.4, 0.5) is 0 Å². The maximum absolute atomic E-state index is 12.3. The van der Waals surface area contributed by atoms with Crippen LogP contribution in [0.15, 0.2) is 12.2 Å². The SMILES string of the molecule is CCC1(OC(C)OC(=O)C2CC3C=CC2C3=O)CCCCC1. The Labute approximate surface area is 132 Å². The number of allylic oxidation sites excluding steroid dienone is 2. The van der Waals surface area contributed by atoms with Crippen LogP contribution in [0.5, 0.6) is 0 Å². The molecule has 3 rings (SSSR count). The van der Waals surface area contributed by atoms with Crippen molar-refractivity contribution in [1.29, 1.82) is 0 Å². The van der Waals surface area contributed by atoms with E-state index in [1.165, 1.54) is 19.3 Å². The van der Waals surface area contributed by atoms with E-state index in [9.17, 15) is 9.59 Å². The van der Waals surface area contributed by atoms with Gasteiger partial charge in [-0.2, -0.15) is 0 Å². The van der Waals surface area contributed by atoms with Crippen molar-refractivity contribution < 1.29 is 19.1 Å². The van der Waals surface area contributed by atoms with E-state index in [2.05, 4.69) is 6.92 Å². The number of rotatable bonds is 5. The quantitative estimate of drug-likeness (QED) is 0.444. The van der Waals surface area contributed by atoms with E-state index < -0.39 is 6.29 Å². The lowest BCUT2D eigenvalue weighted by molar-refractivity contribution is -0.218. The summed E-state index contributed by atoms with van der Waals surface area (Å²) in [7, 11) is 0. The molecule has 122 valence electrons. The fraction of sp³-hybridized carbons (Fsp3) is 0.778. The molecule has 2 bridgehead atoms. The Morgan fingerprint density at radius 3 is 2.59 bits per heavy atom. The molecule has 22 heavy (non-hydrogen) atoms. The Hall–Kier alpha value is -1.16. The number of fused-ring (bicyclic) bond motifs is 2. The second-order valence-corrected chi connectivity index (χ2v) is 6.98. The van der Waals surface area contributed by atoms with Crippen molar-refractivity contribution in [2.24, 2.45) is 17.8 Å². The summed E-state index contributed by atoms with van der Waals surface area (Å²) >= 11 is 0. The number of ether oxygens (including phenoxy) is 2. The van der Waals surface area contributed by atoms with Gasteiger partial charge in [0.25, 0.3) is 0 Å². The zero-order valence-corrected chi connectivity index (χ0v) is 13.5. The summed E-state index contributed by atoms with van der Waals surface area (Å²) in [5.74, 6) is -0.747. The zero-order valence-electron chi connectivity index (χ0n) is 13.5. The minimum atomic E-state index is -0.538. The zero-order chi connectivity index (χ0) is 15.7. The maximum Gasteiger partial charge on any atom is 0.312 e. The Kier molecular flexibility index (Phi) is 4.40. The molecule has 0 amide bonds. The predicted octanol–water partition coefficient (Wildman–Crippen LogP) is 3.40. The van der Waals surface area contributed by atoms with Crippen molar-refractivity contribution >= 4 is 11.8 Å². The highest BCUT2D eigenvalue weighted by atomic mass is 16.7. The van der Waals surface area contributed by atoms with Crippen LogP contribution in [-0.4, -0.2) is 23.6 Å². The van der Waals surface area contributed by atoms with Gasteiger partial charge in [-0.15, -0.1) is 0 Å². The number of carbonyl (C=O) groups is 2. The monoisotopic (exact) mass is 306 g/mol. The Morgan fingerprint density at radius 1 is 1.32 bits per heavy atom. The van der Waals surface area contributed by atoms with E-state index in [1.807, 2.05) is 12.2 Å². The molecule has 0 N–H and O–H groups in total. The van der Waals surface area contributed by atoms with Crippen molar-refractivity contribution in [2.75, 3.05) is 0 Å². The van der Waals surface area contributed by atoms with Crippen LogP contribution in [0.2, 0.25) is 0 Å². The molecule has 0 aliphatic heterocycles. The van der Waals surface area contributed by atoms with E-state index in [0.717, 1.165) is 19.3 Å².